The van der Waals surface area contributed by atoms with Gasteiger partial charge in [0, 0.05) is 23.7 Å². The van der Waals surface area contributed by atoms with E-state index in [-0.39, 0.29) is 11.8 Å². The third-order valence-electron chi connectivity index (χ3n) is 6.77. The number of hydrogen-bond acceptors (Lipinski definition) is 4. The van der Waals surface area contributed by atoms with E-state index in [4.69, 9.17) is 4.74 Å². The van der Waals surface area contributed by atoms with E-state index in [1.54, 1.807) is 7.11 Å². The Labute approximate surface area is 201 Å². The standard InChI is InChI=1S/C29H32N2O3/c1-21-6-3-7-22(18-21)8-5-16-31-17-14-24(27(20-31)29(32)33)10-4-9-23-13-15-30-28-12-11-25(34-2)19-26(23)28/h3,6-7,11-13,15,18-19,24,27H,4,9-10,14,16-17,20H2,1-2H3,(H,32,33)/t24-,27+/m1/s1. The minimum Gasteiger partial charge on any atom is -0.497 e. The zero-order valence-electron chi connectivity index (χ0n) is 20.0. The Balaban J connectivity index is 1.34. The molecule has 2 aromatic carbocycles. The number of benzene rings is 2. The van der Waals surface area contributed by atoms with E-state index in [0.717, 1.165) is 54.4 Å². The Morgan fingerprint density at radius 3 is 2.91 bits per heavy atom. The van der Waals surface area contributed by atoms with Crippen LogP contribution in [-0.4, -0.2) is 47.7 Å². The molecule has 0 amide bonds. The molecule has 0 unspecified atom stereocenters. The van der Waals surface area contributed by atoms with Crippen LogP contribution in [0.4, 0.5) is 0 Å². The Morgan fingerprint density at radius 2 is 2.12 bits per heavy atom. The zero-order valence-corrected chi connectivity index (χ0v) is 20.0. The van der Waals surface area contributed by atoms with Gasteiger partial charge in [-0.3, -0.25) is 14.7 Å². The van der Waals surface area contributed by atoms with E-state index in [0.29, 0.717) is 13.1 Å². The number of carboxylic acids is 1. The Bertz CT molecular complexity index is 1210. The summed E-state index contributed by atoms with van der Waals surface area (Å²) in [6.07, 6.45) is 5.51. The number of ether oxygens (including phenoxy) is 1. The van der Waals surface area contributed by atoms with Crippen molar-refractivity contribution in [3.63, 3.8) is 0 Å². The molecule has 2 atom stereocenters. The number of carboxylic acid groups (broad SMARTS) is 1. The first-order chi connectivity index (χ1) is 16.5. The molecule has 1 N–H and O–H groups in total. The van der Waals surface area contributed by atoms with Crippen molar-refractivity contribution in [3.05, 3.63) is 71.4 Å². The van der Waals surface area contributed by atoms with Gasteiger partial charge in [0.1, 0.15) is 5.75 Å². The highest BCUT2D eigenvalue weighted by Crippen LogP contribution is 2.30. The molecule has 1 fully saturated rings. The van der Waals surface area contributed by atoms with Crippen molar-refractivity contribution in [2.24, 2.45) is 11.8 Å². The number of aromatic nitrogens is 1. The van der Waals surface area contributed by atoms with Crippen molar-refractivity contribution >= 4 is 16.9 Å². The molecule has 1 aliphatic heterocycles. The van der Waals surface area contributed by atoms with E-state index < -0.39 is 5.97 Å². The third kappa shape index (κ3) is 5.95. The highest BCUT2D eigenvalue weighted by atomic mass is 16.5. The number of aliphatic carboxylic acids is 1. The number of fused-ring (bicyclic) bond motifs is 1. The minimum atomic E-state index is -0.694. The molecule has 5 heteroatoms. The molecule has 5 nitrogen and oxygen atoms in total. The van der Waals surface area contributed by atoms with Crippen LogP contribution < -0.4 is 4.74 Å². The van der Waals surface area contributed by atoms with Crippen molar-refractivity contribution in [1.82, 2.24) is 9.88 Å². The lowest BCUT2D eigenvalue weighted by Crippen LogP contribution is -2.44. The molecule has 1 aromatic heterocycles. The van der Waals surface area contributed by atoms with Gasteiger partial charge in [0.15, 0.2) is 0 Å². The summed E-state index contributed by atoms with van der Waals surface area (Å²) >= 11 is 0. The third-order valence-corrected chi connectivity index (χ3v) is 6.77. The highest BCUT2D eigenvalue weighted by Gasteiger charge is 2.33. The Morgan fingerprint density at radius 1 is 1.24 bits per heavy atom. The van der Waals surface area contributed by atoms with Crippen molar-refractivity contribution < 1.29 is 14.6 Å². The van der Waals surface area contributed by atoms with E-state index in [2.05, 4.69) is 46.8 Å². The van der Waals surface area contributed by atoms with E-state index in [9.17, 15) is 9.90 Å². The van der Waals surface area contributed by atoms with Crippen LogP contribution in [0.1, 0.15) is 36.0 Å². The number of rotatable bonds is 7. The maximum atomic E-state index is 12.0. The number of aryl methyl sites for hydroxylation is 2. The lowest BCUT2D eigenvalue weighted by atomic mass is 9.81. The average Bonchev–Trinajstić information content (AvgIpc) is 2.84. The van der Waals surface area contributed by atoms with Gasteiger partial charge in [-0.15, -0.1) is 0 Å². The average molecular weight is 457 g/mol. The monoisotopic (exact) mass is 456 g/mol. The summed E-state index contributed by atoms with van der Waals surface area (Å²) in [6.45, 7) is 4.13. The summed E-state index contributed by atoms with van der Waals surface area (Å²) in [5, 5.41) is 11.0. The number of hydrogen-bond donors (Lipinski definition) is 1. The first kappa shape index (κ1) is 23.8. The van der Waals surface area contributed by atoms with Gasteiger partial charge in [0.25, 0.3) is 0 Å². The zero-order chi connectivity index (χ0) is 23.9. The van der Waals surface area contributed by atoms with Crippen LogP contribution in [0.15, 0.2) is 54.7 Å². The van der Waals surface area contributed by atoms with Crippen LogP contribution >= 0.6 is 0 Å². The van der Waals surface area contributed by atoms with E-state index in [1.807, 2.05) is 36.5 Å². The van der Waals surface area contributed by atoms with Gasteiger partial charge in [0.2, 0.25) is 0 Å². The van der Waals surface area contributed by atoms with Gasteiger partial charge in [0.05, 0.1) is 25.1 Å². The second-order valence-electron chi connectivity index (χ2n) is 9.15. The molecule has 176 valence electrons. The summed E-state index contributed by atoms with van der Waals surface area (Å²) in [5.74, 6) is 6.42. The molecular formula is C29H32N2O3. The smallest absolute Gasteiger partial charge is 0.308 e. The fourth-order valence-electron chi connectivity index (χ4n) is 4.90. The quantitative estimate of drug-likeness (QED) is 0.510. The van der Waals surface area contributed by atoms with Gasteiger partial charge in [-0.1, -0.05) is 24.0 Å². The lowest BCUT2D eigenvalue weighted by molar-refractivity contribution is -0.146. The number of nitrogens with zero attached hydrogens (tertiary/aromatic N) is 2. The molecule has 0 aliphatic carbocycles. The molecule has 0 bridgehead atoms. The highest BCUT2D eigenvalue weighted by molar-refractivity contribution is 5.83. The van der Waals surface area contributed by atoms with Crippen LogP contribution in [0.25, 0.3) is 10.9 Å². The molecule has 4 rings (SSSR count). The number of likely N-dealkylation sites (tertiary alicyclic amines) is 1. The second-order valence-corrected chi connectivity index (χ2v) is 9.15. The van der Waals surface area contributed by atoms with Gasteiger partial charge in [-0.25, -0.2) is 0 Å². The van der Waals surface area contributed by atoms with Gasteiger partial charge >= 0.3 is 5.97 Å². The van der Waals surface area contributed by atoms with Gasteiger partial charge in [-0.05, 0) is 92.6 Å². The number of carbonyl (C=O) groups is 1. The van der Waals surface area contributed by atoms with Crippen LogP contribution in [-0.2, 0) is 11.2 Å². The lowest BCUT2D eigenvalue weighted by Gasteiger charge is -2.35. The van der Waals surface area contributed by atoms with Crippen LogP contribution in [0.2, 0.25) is 0 Å². The summed E-state index contributed by atoms with van der Waals surface area (Å²) in [6, 6.07) is 16.2. The molecule has 34 heavy (non-hydrogen) atoms. The molecule has 0 spiro atoms. The summed E-state index contributed by atoms with van der Waals surface area (Å²) in [5.41, 5.74) is 4.39. The molecular weight excluding hydrogens is 424 g/mol. The molecule has 0 radical (unpaired) electrons. The summed E-state index contributed by atoms with van der Waals surface area (Å²) < 4.78 is 5.38. The fourth-order valence-corrected chi connectivity index (χ4v) is 4.90. The molecule has 2 heterocycles. The van der Waals surface area contributed by atoms with E-state index in [1.165, 1.54) is 11.1 Å². The Kier molecular flexibility index (Phi) is 7.82. The van der Waals surface area contributed by atoms with Gasteiger partial charge in [-0.2, -0.15) is 0 Å². The van der Waals surface area contributed by atoms with Crippen molar-refractivity contribution in [3.8, 4) is 17.6 Å². The van der Waals surface area contributed by atoms with Crippen molar-refractivity contribution in [2.75, 3.05) is 26.7 Å². The maximum Gasteiger partial charge on any atom is 0.308 e. The maximum absolute atomic E-state index is 12.0. The fraction of sp³-hybridized carbons (Fsp3) is 0.379. The predicted octanol–water partition coefficient (Wildman–Crippen LogP) is 4.95. The van der Waals surface area contributed by atoms with Crippen molar-refractivity contribution in [2.45, 2.75) is 32.6 Å². The molecule has 3 aromatic rings. The molecule has 1 aliphatic rings. The normalized spacial score (nSPS) is 18.3. The molecule has 0 saturated carbocycles. The summed E-state index contributed by atoms with van der Waals surface area (Å²) in [4.78, 5) is 18.7. The number of piperidine rings is 1. The largest absolute Gasteiger partial charge is 0.497 e. The second kappa shape index (κ2) is 11.2. The Hall–Kier alpha value is -3.36. The predicted molar refractivity (Wildman–Crippen MR) is 135 cm³/mol. The van der Waals surface area contributed by atoms with E-state index >= 15 is 0 Å². The minimum absolute atomic E-state index is 0.195. The number of methoxy groups -OCH3 is 1. The first-order valence-corrected chi connectivity index (χ1v) is 12.0. The van der Waals surface area contributed by atoms with Crippen molar-refractivity contribution in [1.29, 1.82) is 0 Å². The molecule has 1 saturated heterocycles. The van der Waals surface area contributed by atoms with Crippen LogP contribution in [0.3, 0.4) is 0 Å². The number of pyridine rings is 1. The van der Waals surface area contributed by atoms with Crippen LogP contribution in [0.5, 0.6) is 5.75 Å². The van der Waals surface area contributed by atoms with Crippen LogP contribution in [0, 0.1) is 30.6 Å². The topological polar surface area (TPSA) is 62.7 Å². The SMILES string of the molecule is COc1ccc2nccc(CCC[C@@H]3CCN(CC#Cc4cccc(C)c4)C[C@@H]3C(=O)O)c2c1. The first-order valence-electron chi connectivity index (χ1n) is 12.0. The summed E-state index contributed by atoms with van der Waals surface area (Å²) in [7, 11) is 1.67. The van der Waals surface area contributed by atoms with Gasteiger partial charge < -0.3 is 9.84 Å².